The Morgan fingerprint density at radius 3 is 2.14 bits per heavy atom. The van der Waals surface area contributed by atoms with Crippen LogP contribution >= 0.6 is 0 Å². The topological polar surface area (TPSA) is 41.1 Å². The van der Waals surface area contributed by atoms with Crippen molar-refractivity contribution in [2.45, 2.75) is 13.1 Å². The summed E-state index contributed by atoms with van der Waals surface area (Å²) in [5, 5.41) is 5.21. The van der Waals surface area contributed by atoms with Gasteiger partial charge in [0.05, 0.1) is 5.56 Å². The highest BCUT2D eigenvalue weighted by molar-refractivity contribution is 5.71. The van der Waals surface area contributed by atoms with Gasteiger partial charge in [0.2, 0.25) is 6.41 Å². The van der Waals surface area contributed by atoms with Crippen molar-refractivity contribution in [3.63, 3.8) is 0 Å². The molecule has 0 saturated carbocycles. The minimum absolute atomic E-state index is 0.129. The van der Waals surface area contributed by atoms with Crippen LogP contribution in [0.1, 0.15) is 11.1 Å². The van der Waals surface area contributed by atoms with Gasteiger partial charge < -0.3 is 10.6 Å². The molecule has 2 N–H and O–H groups in total. The van der Waals surface area contributed by atoms with Gasteiger partial charge in [-0.15, -0.1) is 0 Å². The molecule has 1 amide bonds. The fourth-order valence-electron chi connectivity index (χ4n) is 1.65. The number of aryl methyl sites for hydroxylation is 1. The largest absolute Gasteiger partial charge is 0.416 e. The fraction of sp³-hybridized carbons (Fsp3) is 0.188. The van der Waals surface area contributed by atoms with E-state index in [0.29, 0.717) is 6.41 Å². The van der Waals surface area contributed by atoms with E-state index in [2.05, 4.69) is 29.7 Å². The monoisotopic (exact) mass is 310 g/mol. The first-order valence-electron chi connectivity index (χ1n) is 6.48. The Hall–Kier alpha value is -2.50. The van der Waals surface area contributed by atoms with Crippen LogP contribution < -0.4 is 10.6 Å². The maximum absolute atomic E-state index is 12.1. The molecule has 0 bridgehead atoms. The van der Waals surface area contributed by atoms with Crippen molar-refractivity contribution in [3.8, 4) is 0 Å². The van der Waals surface area contributed by atoms with Crippen molar-refractivity contribution in [3.05, 3.63) is 59.7 Å². The van der Waals surface area contributed by atoms with Crippen molar-refractivity contribution in [1.82, 2.24) is 0 Å². The number of carbonyl (C=O) groups excluding carboxylic acids is 1. The van der Waals surface area contributed by atoms with Crippen molar-refractivity contribution in [2.24, 2.45) is 0 Å². The van der Waals surface area contributed by atoms with E-state index < -0.39 is 11.7 Å². The van der Waals surface area contributed by atoms with Crippen LogP contribution in [0.5, 0.6) is 0 Å². The second-order valence-electron chi connectivity index (χ2n) is 4.46. The van der Waals surface area contributed by atoms with Crippen LogP contribution in [0.3, 0.4) is 0 Å². The standard InChI is InChI=1S/C8H6F3NO.C8H11N/c9-8(10,11)6-2-1-3-7(4-6)12-5-13;1-7-4-3-5-8(6-7)9-2/h1-5H,(H,12,13);3-6,9H,1-2H3. The molecule has 0 unspecified atom stereocenters. The molecule has 2 aromatic carbocycles. The lowest BCUT2D eigenvalue weighted by Gasteiger charge is -2.07. The van der Waals surface area contributed by atoms with Gasteiger partial charge in [-0.3, -0.25) is 4.79 Å². The zero-order valence-electron chi connectivity index (χ0n) is 12.2. The van der Waals surface area contributed by atoms with Crippen LogP contribution in [0.2, 0.25) is 0 Å². The molecule has 0 atom stereocenters. The fourth-order valence-corrected chi connectivity index (χ4v) is 1.65. The number of amides is 1. The third-order valence-electron chi connectivity index (χ3n) is 2.72. The summed E-state index contributed by atoms with van der Waals surface area (Å²) in [5.74, 6) is 0. The first-order valence-corrected chi connectivity index (χ1v) is 6.48. The van der Waals surface area contributed by atoms with Crippen molar-refractivity contribution >= 4 is 17.8 Å². The highest BCUT2D eigenvalue weighted by Gasteiger charge is 2.30. The minimum atomic E-state index is -4.37. The summed E-state index contributed by atoms with van der Waals surface area (Å²) in [7, 11) is 1.93. The van der Waals surface area contributed by atoms with Gasteiger partial charge in [0, 0.05) is 18.4 Å². The van der Waals surface area contributed by atoms with Gasteiger partial charge in [0.1, 0.15) is 0 Å². The van der Waals surface area contributed by atoms with Crippen LogP contribution in [-0.4, -0.2) is 13.5 Å². The molecule has 22 heavy (non-hydrogen) atoms. The zero-order chi connectivity index (χ0) is 16.6. The van der Waals surface area contributed by atoms with Crippen LogP contribution in [0.25, 0.3) is 0 Å². The number of carbonyl (C=O) groups is 1. The number of benzene rings is 2. The van der Waals surface area contributed by atoms with E-state index in [-0.39, 0.29) is 5.69 Å². The summed E-state index contributed by atoms with van der Waals surface area (Å²) < 4.78 is 36.3. The Morgan fingerprint density at radius 2 is 1.64 bits per heavy atom. The molecule has 2 aromatic rings. The number of nitrogens with one attached hydrogen (secondary N) is 2. The lowest BCUT2D eigenvalue weighted by Crippen LogP contribution is -2.05. The Morgan fingerprint density at radius 1 is 1.00 bits per heavy atom. The summed E-state index contributed by atoms with van der Waals surface area (Å²) in [5.41, 5.74) is 1.82. The zero-order valence-corrected chi connectivity index (χ0v) is 12.2. The highest BCUT2D eigenvalue weighted by atomic mass is 19.4. The molecular weight excluding hydrogens is 293 g/mol. The van der Waals surface area contributed by atoms with Crippen LogP contribution in [0.4, 0.5) is 24.5 Å². The Bertz CT molecular complexity index is 612. The van der Waals surface area contributed by atoms with E-state index in [1.54, 1.807) is 0 Å². The lowest BCUT2D eigenvalue weighted by atomic mass is 10.2. The van der Waals surface area contributed by atoms with E-state index in [1.165, 1.54) is 23.4 Å². The van der Waals surface area contributed by atoms with Crippen molar-refractivity contribution < 1.29 is 18.0 Å². The highest BCUT2D eigenvalue weighted by Crippen LogP contribution is 2.30. The molecule has 2 rings (SSSR count). The second kappa shape index (κ2) is 8.07. The third kappa shape index (κ3) is 5.87. The average molecular weight is 310 g/mol. The van der Waals surface area contributed by atoms with Gasteiger partial charge in [0.25, 0.3) is 0 Å². The molecule has 0 saturated heterocycles. The van der Waals surface area contributed by atoms with Gasteiger partial charge in [0.15, 0.2) is 0 Å². The molecule has 0 aliphatic rings. The van der Waals surface area contributed by atoms with E-state index in [1.807, 2.05) is 19.2 Å². The molecule has 0 aliphatic carbocycles. The predicted octanol–water partition coefficient (Wildman–Crippen LogP) is 4.31. The molecule has 0 radical (unpaired) electrons. The van der Waals surface area contributed by atoms with Gasteiger partial charge in [-0.25, -0.2) is 0 Å². The Kier molecular flexibility index (Phi) is 6.44. The smallest absolute Gasteiger partial charge is 0.388 e. The van der Waals surface area contributed by atoms with Crippen LogP contribution in [0.15, 0.2) is 48.5 Å². The van der Waals surface area contributed by atoms with Gasteiger partial charge >= 0.3 is 6.18 Å². The number of alkyl halides is 3. The SMILES string of the molecule is CNc1cccc(C)c1.O=CNc1cccc(C(F)(F)F)c1. The van der Waals surface area contributed by atoms with Crippen LogP contribution in [-0.2, 0) is 11.0 Å². The molecule has 0 heterocycles. The number of halogens is 3. The molecule has 3 nitrogen and oxygen atoms in total. The Balaban J connectivity index is 0.000000235. The van der Waals surface area contributed by atoms with Crippen LogP contribution in [0, 0.1) is 6.92 Å². The summed E-state index contributed by atoms with van der Waals surface area (Å²) in [6, 6.07) is 12.7. The summed E-state index contributed by atoms with van der Waals surface area (Å²) in [6.45, 7) is 2.08. The number of hydrogen-bond acceptors (Lipinski definition) is 2. The normalized spacial score (nSPS) is 10.2. The van der Waals surface area contributed by atoms with Gasteiger partial charge in [-0.05, 0) is 42.8 Å². The molecule has 0 fully saturated rings. The molecule has 118 valence electrons. The maximum atomic E-state index is 12.1. The molecular formula is C16H17F3N2O. The first-order chi connectivity index (χ1) is 10.4. The lowest BCUT2D eigenvalue weighted by molar-refractivity contribution is -0.137. The summed E-state index contributed by atoms with van der Waals surface area (Å²) >= 11 is 0. The third-order valence-corrected chi connectivity index (χ3v) is 2.72. The number of rotatable bonds is 3. The second-order valence-corrected chi connectivity index (χ2v) is 4.46. The number of anilines is 2. The van der Waals surface area contributed by atoms with E-state index in [0.717, 1.165) is 12.1 Å². The van der Waals surface area contributed by atoms with Crippen molar-refractivity contribution in [1.29, 1.82) is 0 Å². The molecule has 0 aliphatic heterocycles. The summed E-state index contributed by atoms with van der Waals surface area (Å²) in [4.78, 5) is 9.94. The Labute approximate surface area is 127 Å². The maximum Gasteiger partial charge on any atom is 0.416 e. The minimum Gasteiger partial charge on any atom is -0.388 e. The van der Waals surface area contributed by atoms with Crippen molar-refractivity contribution in [2.75, 3.05) is 17.7 Å². The van der Waals surface area contributed by atoms with E-state index >= 15 is 0 Å². The number of hydrogen-bond donors (Lipinski definition) is 2. The first kappa shape index (κ1) is 17.6. The van der Waals surface area contributed by atoms with E-state index in [9.17, 15) is 18.0 Å². The average Bonchev–Trinajstić information content (AvgIpc) is 2.48. The van der Waals surface area contributed by atoms with Gasteiger partial charge in [-0.1, -0.05) is 18.2 Å². The predicted molar refractivity (Wildman–Crippen MR) is 81.9 cm³/mol. The molecule has 6 heteroatoms. The van der Waals surface area contributed by atoms with Gasteiger partial charge in [-0.2, -0.15) is 13.2 Å². The van der Waals surface area contributed by atoms with E-state index in [4.69, 9.17) is 0 Å². The quantitative estimate of drug-likeness (QED) is 0.829. The molecule has 0 aromatic heterocycles. The molecule has 0 spiro atoms. The summed E-state index contributed by atoms with van der Waals surface area (Å²) in [6.07, 6.45) is -4.05.